The molecule has 0 aliphatic carbocycles. The van der Waals surface area contributed by atoms with Crippen LogP contribution in [0.4, 0.5) is 0 Å². The molecule has 0 aromatic heterocycles. The van der Waals surface area contributed by atoms with E-state index in [1.54, 1.807) is 18.2 Å². The van der Waals surface area contributed by atoms with Crippen LogP contribution in [-0.2, 0) is 14.3 Å². The fraction of sp³-hybridized carbons (Fsp3) is 0. The van der Waals surface area contributed by atoms with E-state index in [1.165, 1.54) is 12.1 Å². The molecule has 66 valence electrons. The minimum absolute atomic E-state index is 0. The molecule has 1 aromatic carbocycles. The number of rotatable bonds is 3. The van der Waals surface area contributed by atoms with Gasteiger partial charge in [0.2, 0.25) is 0 Å². The molecule has 0 saturated carbocycles. The summed E-state index contributed by atoms with van der Waals surface area (Å²) in [6, 6.07) is 7.89. The van der Waals surface area contributed by atoms with Crippen LogP contribution in [0.5, 0.6) is 0 Å². The fourth-order valence-corrected chi connectivity index (χ4v) is 1.51. The topological polar surface area (TPSA) is 43.4 Å². The monoisotopic (exact) mass is 192 g/mol. The van der Waals surface area contributed by atoms with E-state index >= 15 is 0 Å². The van der Waals surface area contributed by atoms with Crippen molar-refractivity contribution >= 4 is 10.1 Å². The second-order valence-electron chi connectivity index (χ2n) is 2.03. The van der Waals surface area contributed by atoms with Gasteiger partial charge in [-0.2, -0.15) is 8.42 Å². The molecule has 0 N–H and O–H groups in total. The Kier molecular flexibility index (Phi) is 4.85. The first-order chi connectivity index (χ1) is 5.67. The summed E-state index contributed by atoms with van der Waals surface area (Å²) in [5.41, 5.74) is 0. The first-order valence-corrected chi connectivity index (χ1v) is 4.67. The third-order valence-corrected chi connectivity index (χ3v) is 2.47. The third-order valence-electron chi connectivity index (χ3n) is 1.23. The Balaban J connectivity index is 0. The number of hydrogen-bond acceptors (Lipinski definition) is 3. The second-order valence-corrected chi connectivity index (χ2v) is 3.60. The van der Waals surface area contributed by atoms with Crippen molar-refractivity contribution in [1.82, 2.24) is 0 Å². The molecule has 3 nitrogen and oxygen atoms in total. The molecule has 0 bridgehead atoms. The fourth-order valence-electron chi connectivity index (χ4n) is 0.732. The van der Waals surface area contributed by atoms with Crippen LogP contribution in [0.15, 0.2) is 48.1 Å². The van der Waals surface area contributed by atoms with Gasteiger partial charge in [-0.15, -0.1) is 0 Å². The minimum atomic E-state index is -3.63. The van der Waals surface area contributed by atoms with Gasteiger partial charge in [-0.25, -0.2) is 0 Å². The Morgan fingerprint density at radius 3 is 2.31 bits per heavy atom. The Hall–Kier alpha value is -0.693. The molecule has 5 heteroatoms. The quantitative estimate of drug-likeness (QED) is 0.338. The van der Waals surface area contributed by atoms with Crippen molar-refractivity contribution in [2.24, 2.45) is 0 Å². The molecule has 0 aliphatic heterocycles. The summed E-state index contributed by atoms with van der Waals surface area (Å²) >= 11 is 0. The van der Waals surface area contributed by atoms with Crippen LogP contribution in [0.2, 0.25) is 0 Å². The molecular formula is C8H9LiO3S. The van der Waals surface area contributed by atoms with Gasteiger partial charge in [-0.3, -0.25) is 0 Å². The second kappa shape index (κ2) is 5.13. The molecule has 0 fully saturated rings. The Morgan fingerprint density at radius 2 is 1.85 bits per heavy atom. The Labute approximate surface area is 91.2 Å². The van der Waals surface area contributed by atoms with Gasteiger partial charge in [0.25, 0.3) is 0 Å². The van der Waals surface area contributed by atoms with E-state index in [-0.39, 0.29) is 25.2 Å². The van der Waals surface area contributed by atoms with E-state index in [0.29, 0.717) is 0 Å². The van der Waals surface area contributed by atoms with Gasteiger partial charge in [-0.1, -0.05) is 24.8 Å². The summed E-state index contributed by atoms with van der Waals surface area (Å²) in [6.45, 7) is 3.17. The van der Waals surface area contributed by atoms with Crippen LogP contribution in [0.3, 0.4) is 0 Å². The Bertz CT molecular complexity index is 363. The van der Waals surface area contributed by atoms with Gasteiger partial charge < -0.3 is 5.61 Å². The molecule has 13 heavy (non-hydrogen) atoms. The molecular weight excluding hydrogens is 183 g/mol. The molecule has 1 aromatic rings. The summed E-state index contributed by atoms with van der Waals surface area (Å²) in [7, 11) is -3.63. The van der Waals surface area contributed by atoms with Crippen LogP contribution >= 0.6 is 0 Å². The maximum atomic E-state index is 11.1. The van der Waals surface area contributed by atoms with Gasteiger partial charge in [0, 0.05) is 0 Å². The van der Waals surface area contributed by atoms with Gasteiger partial charge in [0.15, 0.2) is 0 Å². The van der Waals surface area contributed by atoms with E-state index in [2.05, 4.69) is 10.8 Å². The van der Waals surface area contributed by atoms with Gasteiger partial charge >= 0.3 is 29.0 Å². The summed E-state index contributed by atoms with van der Waals surface area (Å²) in [5, 5.41) is 0. The summed E-state index contributed by atoms with van der Waals surface area (Å²) in [6.07, 6.45) is 0.891. The van der Waals surface area contributed by atoms with Crippen LogP contribution < -0.4 is 18.9 Å². The van der Waals surface area contributed by atoms with E-state index in [4.69, 9.17) is 0 Å². The van der Waals surface area contributed by atoms with Crippen LogP contribution in [0.1, 0.15) is 1.43 Å². The molecule has 0 atom stereocenters. The Morgan fingerprint density at radius 1 is 1.31 bits per heavy atom. The van der Waals surface area contributed by atoms with E-state index in [0.717, 1.165) is 6.26 Å². The van der Waals surface area contributed by atoms with Crippen molar-refractivity contribution in [3.63, 3.8) is 0 Å². The molecule has 0 radical (unpaired) electrons. The van der Waals surface area contributed by atoms with E-state index < -0.39 is 10.1 Å². The van der Waals surface area contributed by atoms with Gasteiger partial charge in [0.1, 0.15) is 4.90 Å². The number of hydrogen-bond donors (Lipinski definition) is 0. The first kappa shape index (κ1) is 12.3. The molecule has 1 rings (SSSR count). The average Bonchev–Trinajstić information content (AvgIpc) is 2.06. The summed E-state index contributed by atoms with van der Waals surface area (Å²) in [4.78, 5) is 0.130. The zero-order valence-corrected chi connectivity index (χ0v) is 8.12. The van der Waals surface area contributed by atoms with Crippen molar-refractivity contribution in [2.45, 2.75) is 4.90 Å². The standard InChI is InChI=1S/C8H8O3S.Li.H/c1-2-11-12(9,10)8-6-4-3-5-7-8;;/h2-7H,1H2;;/q;+1;-1. The normalized spacial score (nSPS) is 9.85. The molecule has 0 spiro atoms. The predicted octanol–water partition coefficient (Wildman–Crippen LogP) is -1.35. The summed E-state index contributed by atoms with van der Waals surface area (Å²) in [5.74, 6) is 0. The van der Waals surface area contributed by atoms with Crippen LogP contribution in [-0.4, -0.2) is 8.42 Å². The summed E-state index contributed by atoms with van der Waals surface area (Å²) < 4.78 is 26.6. The third kappa shape index (κ3) is 3.27. The minimum Gasteiger partial charge on any atom is -1.00 e. The van der Waals surface area contributed by atoms with Crippen molar-refractivity contribution in [3.8, 4) is 0 Å². The van der Waals surface area contributed by atoms with E-state index in [1.807, 2.05) is 0 Å². The maximum absolute atomic E-state index is 11.1. The largest absolute Gasteiger partial charge is 1.00 e. The molecule has 0 amide bonds. The van der Waals surface area contributed by atoms with Crippen molar-refractivity contribution in [1.29, 1.82) is 0 Å². The van der Waals surface area contributed by atoms with Gasteiger partial charge in [-0.05, 0) is 12.1 Å². The smallest absolute Gasteiger partial charge is 1.00 e. The SMILES string of the molecule is C=COS(=O)(=O)c1ccccc1.[H-].[Li+]. The average molecular weight is 192 g/mol. The van der Waals surface area contributed by atoms with Crippen molar-refractivity contribution in [3.05, 3.63) is 43.2 Å². The van der Waals surface area contributed by atoms with Gasteiger partial charge in [0.05, 0.1) is 6.26 Å². The maximum Gasteiger partial charge on any atom is 1.00 e. The van der Waals surface area contributed by atoms with E-state index in [9.17, 15) is 8.42 Å². The molecule has 0 saturated heterocycles. The number of benzene rings is 1. The first-order valence-electron chi connectivity index (χ1n) is 3.26. The molecule has 0 heterocycles. The van der Waals surface area contributed by atoms with Crippen molar-refractivity contribution in [2.75, 3.05) is 0 Å². The van der Waals surface area contributed by atoms with Crippen LogP contribution in [0, 0.1) is 0 Å². The zero-order chi connectivity index (χ0) is 9.03. The molecule has 0 aliphatic rings. The van der Waals surface area contributed by atoms with Crippen molar-refractivity contribution < 1.29 is 32.9 Å². The van der Waals surface area contributed by atoms with Crippen LogP contribution in [0.25, 0.3) is 0 Å². The zero-order valence-electron chi connectivity index (χ0n) is 8.30. The molecule has 0 unspecified atom stereocenters. The predicted molar refractivity (Wildman–Crippen MR) is 46.0 cm³/mol.